The fraction of sp³-hybridized carbons (Fsp3) is 0.235. The summed E-state index contributed by atoms with van der Waals surface area (Å²) in [5.74, 6) is -0.447. The highest BCUT2D eigenvalue weighted by Crippen LogP contribution is 2.34. The number of methoxy groups -OCH3 is 1. The average Bonchev–Trinajstić information content (AvgIpc) is 2.89. The maximum atomic E-state index is 13.8. The van der Waals surface area contributed by atoms with Gasteiger partial charge in [-0.15, -0.1) is 0 Å². The zero-order valence-corrected chi connectivity index (χ0v) is 14.2. The van der Waals surface area contributed by atoms with Gasteiger partial charge in [-0.1, -0.05) is 29.3 Å². The molecular formula is C17H15Cl2FN2O. The molecule has 0 fully saturated rings. The zero-order valence-electron chi connectivity index (χ0n) is 12.7. The molecule has 0 amide bonds. The third kappa shape index (κ3) is 3.07. The van der Waals surface area contributed by atoms with Gasteiger partial charge in [0.2, 0.25) is 0 Å². The number of fused-ring (bicyclic) bond motifs is 1. The van der Waals surface area contributed by atoms with Crippen LogP contribution >= 0.6 is 23.2 Å². The minimum Gasteiger partial charge on any atom is -0.383 e. The molecule has 0 N–H and O–H groups in total. The van der Waals surface area contributed by atoms with Crippen LogP contribution in [-0.4, -0.2) is 23.3 Å². The molecule has 0 saturated carbocycles. The highest BCUT2D eigenvalue weighted by atomic mass is 35.5. The van der Waals surface area contributed by atoms with E-state index >= 15 is 0 Å². The van der Waals surface area contributed by atoms with Crippen LogP contribution < -0.4 is 0 Å². The molecule has 0 aliphatic carbocycles. The lowest BCUT2D eigenvalue weighted by atomic mass is 10.1. The number of nitrogens with zero attached hydrogens (tertiary/aromatic N) is 2. The van der Waals surface area contributed by atoms with Crippen molar-refractivity contribution in [1.29, 1.82) is 0 Å². The standard InChI is InChI=1S/C17H15Cl2FN2O/c1-10(9-23-2)22-8-13(11-3-5-14(18)15(20)7-11)12-4-6-16(19)21-17(12)22/h3-8,10H,9H2,1-2H3/t10-/m0/s1. The van der Waals surface area contributed by atoms with E-state index in [1.54, 1.807) is 25.3 Å². The number of ether oxygens (including phenoxy) is 1. The third-order valence-electron chi connectivity index (χ3n) is 3.76. The Hall–Kier alpha value is -1.62. The summed E-state index contributed by atoms with van der Waals surface area (Å²) in [7, 11) is 1.65. The monoisotopic (exact) mass is 352 g/mol. The second-order valence-electron chi connectivity index (χ2n) is 5.39. The van der Waals surface area contributed by atoms with E-state index < -0.39 is 5.82 Å². The highest BCUT2D eigenvalue weighted by Gasteiger charge is 2.16. The van der Waals surface area contributed by atoms with Gasteiger partial charge < -0.3 is 9.30 Å². The van der Waals surface area contributed by atoms with E-state index in [1.165, 1.54) is 6.07 Å². The van der Waals surface area contributed by atoms with Crippen molar-refractivity contribution in [2.75, 3.05) is 13.7 Å². The van der Waals surface area contributed by atoms with E-state index in [-0.39, 0.29) is 11.1 Å². The van der Waals surface area contributed by atoms with Gasteiger partial charge >= 0.3 is 0 Å². The summed E-state index contributed by atoms with van der Waals surface area (Å²) in [5, 5.41) is 1.42. The molecule has 0 radical (unpaired) electrons. The van der Waals surface area contributed by atoms with E-state index in [9.17, 15) is 4.39 Å². The molecule has 0 spiro atoms. The molecule has 2 heterocycles. The van der Waals surface area contributed by atoms with Crippen LogP contribution in [0.25, 0.3) is 22.2 Å². The number of rotatable bonds is 4. The third-order valence-corrected chi connectivity index (χ3v) is 4.27. The second-order valence-corrected chi connectivity index (χ2v) is 6.18. The van der Waals surface area contributed by atoms with Crippen molar-refractivity contribution in [3.63, 3.8) is 0 Å². The SMILES string of the molecule is COC[C@H](C)n1cc(-c2ccc(Cl)c(F)c2)c2ccc(Cl)nc21. The molecule has 0 unspecified atom stereocenters. The molecule has 1 atom stereocenters. The van der Waals surface area contributed by atoms with Gasteiger partial charge in [0, 0.05) is 24.3 Å². The predicted molar refractivity (Wildman–Crippen MR) is 91.7 cm³/mol. The van der Waals surface area contributed by atoms with Gasteiger partial charge in [0.1, 0.15) is 16.6 Å². The summed E-state index contributed by atoms with van der Waals surface area (Å²) < 4.78 is 21.0. The molecule has 23 heavy (non-hydrogen) atoms. The summed E-state index contributed by atoms with van der Waals surface area (Å²) in [6.07, 6.45) is 1.94. The largest absolute Gasteiger partial charge is 0.383 e. The van der Waals surface area contributed by atoms with Crippen molar-refractivity contribution in [2.24, 2.45) is 0 Å². The number of pyridine rings is 1. The molecule has 0 bridgehead atoms. The Morgan fingerprint density at radius 1 is 1.26 bits per heavy atom. The molecule has 3 aromatic rings. The van der Waals surface area contributed by atoms with Crippen LogP contribution in [0.2, 0.25) is 10.2 Å². The Bertz CT molecular complexity index is 863. The maximum Gasteiger partial charge on any atom is 0.142 e. The van der Waals surface area contributed by atoms with Crippen molar-refractivity contribution in [2.45, 2.75) is 13.0 Å². The van der Waals surface area contributed by atoms with E-state index in [0.29, 0.717) is 11.8 Å². The lowest BCUT2D eigenvalue weighted by Gasteiger charge is -2.13. The molecule has 6 heteroatoms. The second kappa shape index (κ2) is 6.48. The lowest BCUT2D eigenvalue weighted by Crippen LogP contribution is -2.10. The molecule has 0 aliphatic rings. The number of hydrogen-bond acceptors (Lipinski definition) is 2. The van der Waals surface area contributed by atoms with Crippen LogP contribution in [-0.2, 0) is 4.74 Å². The number of benzene rings is 1. The Morgan fingerprint density at radius 2 is 2.04 bits per heavy atom. The van der Waals surface area contributed by atoms with Gasteiger partial charge in [0.15, 0.2) is 0 Å². The molecule has 3 rings (SSSR count). The van der Waals surface area contributed by atoms with E-state index in [1.807, 2.05) is 23.8 Å². The summed E-state index contributed by atoms with van der Waals surface area (Å²) >= 11 is 11.8. The summed E-state index contributed by atoms with van der Waals surface area (Å²) in [6.45, 7) is 2.56. The van der Waals surface area contributed by atoms with Gasteiger partial charge in [-0.05, 0) is 36.8 Å². The fourth-order valence-electron chi connectivity index (χ4n) is 2.65. The summed E-state index contributed by atoms with van der Waals surface area (Å²) in [6, 6.07) is 8.46. The van der Waals surface area contributed by atoms with Crippen LogP contribution in [0.15, 0.2) is 36.5 Å². The van der Waals surface area contributed by atoms with Crippen molar-refractivity contribution in [1.82, 2.24) is 9.55 Å². The minimum atomic E-state index is -0.447. The first-order valence-corrected chi connectivity index (χ1v) is 7.88. The first-order chi connectivity index (χ1) is 11.0. The molecular weight excluding hydrogens is 338 g/mol. The summed E-state index contributed by atoms with van der Waals surface area (Å²) in [4.78, 5) is 4.42. The predicted octanol–water partition coefficient (Wildman–Crippen LogP) is 5.36. The van der Waals surface area contributed by atoms with E-state index in [0.717, 1.165) is 22.2 Å². The normalized spacial score (nSPS) is 12.7. The molecule has 2 aromatic heterocycles. The van der Waals surface area contributed by atoms with Crippen molar-refractivity contribution >= 4 is 34.2 Å². The Kier molecular flexibility index (Phi) is 4.57. The Morgan fingerprint density at radius 3 is 2.74 bits per heavy atom. The van der Waals surface area contributed by atoms with Crippen LogP contribution in [0, 0.1) is 5.82 Å². The van der Waals surface area contributed by atoms with Crippen molar-refractivity contribution < 1.29 is 9.13 Å². The zero-order chi connectivity index (χ0) is 16.6. The molecule has 1 aromatic carbocycles. The smallest absolute Gasteiger partial charge is 0.142 e. The maximum absolute atomic E-state index is 13.8. The Labute approximate surface area is 143 Å². The fourth-order valence-corrected chi connectivity index (χ4v) is 2.91. The average molecular weight is 353 g/mol. The van der Waals surface area contributed by atoms with Crippen LogP contribution in [0.1, 0.15) is 13.0 Å². The number of aromatic nitrogens is 2. The van der Waals surface area contributed by atoms with Gasteiger partial charge in [0.25, 0.3) is 0 Å². The summed E-state index contributed by atoms with van der Waals surface area (Å²) in [5.41, 5.74) is 2.36. The molecule has 0 aliphatic heterocycles. The van der Waals surface area contributed by atoms with Gasteiger partial charge in [-0.3, -0.25) is 0 Å². The topological polar surface area (TPSA) is 27.1 Å². The molecule has 0 saturated heterocycles. The van der Waals surface area contributed by atoms with Crippen molar-refractivity contribution in [3.8, 4) is 11.1 Å². The minimum absolute atomic E-state index is 0.0689. The van der Waals surface area contributed by atoms with Crippen LogP contribution in [0.5, 0.6) is 0 Å². The molecule has 3 nitrogen and oxygen atoms in total. The lowest BCUT2D eigenvalue weighted by molar-refractivity contribution is 0.164. The van der Waals surface area contributed by atoms with Crippen LogP contribution in [0.3, 0.4) is 0 Å². The Balaban J connectivity index is 2.22. The highest BCUT2D eigenvalue weighted by molar-refractivity contribution is 6.31. The van der Waals surface area contributed by atoms with Gasteiger partial charge in [-0.2, -0.15) is 0 Å². The number of halogens is 3. The van der Waals surface area contributed by atoms with E-state index in [4.69, 9.17) is 27.9 Å². The van der Waals surface area contributed by atoms with Gasteiger partial charge in [0.05, 0.1) is 17.7 Å². The van der Waals surface area contributed by atoms with E-state index in [2.05, 4.69) is 4.98 Å². The van der Waals surface area contributed by atoms with Gasteiger partial charge in [-0.25, -0.2) is 9.37 Å². The molecule has 120 valence electrons. The van der Waals surface area contributed by atoms with Crippen molar-refractivity contribution in [3.05, 3.63) is 52.5 Å². The number of hydrogen-bond donors (Lipinski definition) is 0. The first-order valence-electron chi connectivity index (χ1n) is 7.12. The van der Waals surface area contributed by atoms with Crippen LogP contribution in [0.4, 0.5) is 4.39 Å². The first kappa shape index (κ1) is 16.2. The quantitative estimate of drug-likeness (QED) is 0.591.